The summed E-state index contributed by atoms with van der Waals surface area (Å²) in [6.45, 7) is 2.95. The molecule has 0 aromatic heterocycles. The Balaban J connectivity index is 1.95. The molecule has 0 radical (unpaired) electrons. The number of hydrogen-bond acceptors (Lipinski definition) is 5. The molecule has 2 aromatic carbocycles. The van der Waals surface area contributed by atoms with Crippen LogP contribution >= 0.6 is 0 Å². The summed E-state index contributed by atoms with van der Waals surface area (Å²) >= 11 is 0. The summed E-state index contributed by atoms with van der Waals surface area (Å²) in [5.74, 6) is 1.71. The molecule has 0 N–H and O–H groups in total. The summed E-state index contributed by atoms with van der Waals surface area (Å²) < 4.78 is 38.4. The third-order valence-electron chi connectivity index (χ3n) is 2.94. The average Bonchev–Trinajstić information content (AvgIpc) is 2.48. The third-order valence-corrected chi connectivity index (χ3v) is 3.44. The molecule has 0 saturated carbocycles. The number of para-hydroxylation sites is 2. The predicted molar refractivity (Wildman–Crippen MR) is 88.7 cm³/mol. The molecule has 0 atom stereocenters. The molecule has 124 valence electrons. The topological polar surface area (TPSA) is 61.8 Å². The van der Waals surface area contributed by atoms with E-state index in [1.165, 1.54) is 0 Å². The van der Waals surface area contributed by atoms with Crippen molar-refractivity contribution >= 4 is 10.1 Å². The highest BCUT2D eigenvalue weighted by molar-refractivity contribution is 7.86. The van der Waals surface area contributed by atoms with Crippen LogP contribution in [0.1, 0.15) is 12.5 Å². The maximum Gasteiger partial charge on any atom is 0.306 e. The zero-order chi connectivity index (χ0) is 16.7. The van der Waals surface area contributed by atoms with E-state index in [2.05, 4.69) is 0 Å². The van der Waals surface area contributed by atoms with Gasteiger partial charge in [0, 0.05) is 6.42 Å². The van der Waals surface area contributed by atoms with Crippen LogP contribution in [0.5, 0.6) is 17.2 Å². The Morgan fingerprint density at radius 1 is 0.957 bits per heavy atom. The minimum Gasteiger partial charge on any atom is -0.490 e. The Morgan fingerprint density at radius 2 is 1.65 bits per heavy atom. The fraction of sp³-hybridized carbons (Fsp3) is 0.294. The summed E-state index contributed by atoms with van der Waals surface area (Å²) in [7, 11) is -3.52. The highest BCUT2D eigenvalue weighted by Gasteiger charge is 2.06. The molecule has 0 unspecified atom stereocenters. The molecule has 5 nitrogen and oxygen atoms in total. The van der Waals surface area contributed by atoms with Gasteiger partial charge in [-0.25, -0.2) is 0 Å². The number of rotatable bonds is 8. The standard InChI is InChI=1S/C17H20O5S/c1-3-20-16-9-4-5-10-17(16)21-12-11-14-7-6-8-15(13-14)22-23(2,18)19/h4-10,13H,3,11-12H2,1-2H3. The highest BCUT2D eigenvalue weighted by Crippen LogP contribution is 2.26. The second kappa shape index (κ2) is 7.87. The van der Waals surface area contributed by atoms with E-state index < -0.39 is 10.1 Å². The van der Waals surface area contributed by atoms with Gasteiger partial charge >= 0.3 is 10.1 Å². The Kier molecular flexibility index (Phi) is 5.87. The van der Waals surface area contributed by atoms with E-state index >= 15 is 0 Å². The Morgan fingerprint density at radius 3 is 2.30 bits per heavy atom. The molecular weight excluding hydrogens is 316 g/mol. The SMILES string of the molecule is CCOc1ccccc1OCCc1cccc(OS(C)(=O)=O)c1. The highest BCUT2D eigenvalue weighted by atomic mass is 32.2. The molecule has 6 heteroatoms. The molecule has 2 aromatic rings. The van der Waals surface area contributed by atoms with E-state index in [0.717, 1.165) is 11.8 Å². The summed E-state index contributed by atoms with van der Waals surface area (Å²) in [5, 5.41) is 0. The van der Waals surface area contributed by atoms with Gasteiger partial charge in [0.1, 0.15) is 5.75 Å². The second-order valence-corrected chi connectivity index (χ2v) is 6.49. The van der Waals surface area contributed by atoms with Gasteiger partial charge in [0.05, 0.1) is 19.5 Å². The van der Waals surface area contributed by atoms with Crippen LogP contribution in [0.25, 0.3) is 0 Å². The predicted octanol–water partition coefficient (Wildman–Crippen LogP) is 3.05. The Bertz CT molecular complexity index is 740. The van der Waals surface area contributed by atoms with Crippen LogP contribution in [0.4, 0.5) is 0 Å². The molecule has 0 aliphatic heterocycles. The quantitative estimate of drug-likeness (QED) is 0.693. The normalized spacial score (nSPS) is 11.0. The van der Waals surface area contributed by atoms with Crippen molar-refractivity contribution in [3.05, 3.63) is 54.1 Å². The third kappa shape index (κ3) is 5.83. The molecule has 0 saturated heterocycles. The van der Waals surface area contributed by atoms with Gasteiger partial charge in [-0.15, -0.1) is 0 Å². The van der Waals surface area contributed by atoms with Crippen molar-refractivity contribution in [2.45, 2.75) is 13.3 Å². The molecule has 0 spiro atoms. The fourth-order valence-electron chi connectivity index (χ4n) is 2.05. The van der Waals surface area contributed by atoms with E-state index in [0.29, 0.717) is 36.9 Å². The first-order valence-corrected chi connectivity index (χ1v) is 9.12. The first kappa shape index (κ1) is 17.1. The lowest BCUT2D eigenvalue weighted by Gasteiger charge is -2.11. The molecule has 0 fully saturated rings. The molecule has 0 aliphatic carbocycles. The van der Waals surface area contributed by atoms with Crippen LogP contribution in [-0.2, 0) is 16.5 Å². The molecule has 2 rings (SSSR count). The van der Waals surface area contributed by atoms with Crippen LogP contribution < -0.4 is 13.7 Å². The number of hydrogen-bond donors (Lipinski definition) is 0. The van der Waals surface area contributed by atoms with Gasteiger partial charge in [-0.2, -0.15) is 8.42 Å². The van der Waals surface area contributed by atoms with Crippen LogP contribution in [0.3, 0.4) is 0 Å². The van der Waals surface area contributed by atoms with Gasteiger partial charge in [-0.1, -0.05) is 24.3 Å². The van der Waals surface area contributed by atoms with E-state index in [1.807, 2.05) is 37.3 Å². The molecule has 0 bridgehead atoms. The lowest BCUT2D eigenvalue weighted by molar-refractivity contribution is 0.279. The van der Waals surface area contributed by atoms with Crippen molar-refractivity contribution in [3.8, 4) is 17.2 Å². The molecule has 0 amide bonds. The van der Waals surface area contributed by atoms with Crippen LogP contribution in [-0.4, -0.2) is 27.9 Å². The summed E-state index contributed by atoms with van der Waals surface area (Å²) in [4.78, 5) is 0. The zero-order valence-electron chi connectivity index (χ0n) is 13.2. The van der Waals surface area contributed by atoms with Gasteiger partial charge in [0.25, 0.3) is 0 Å². The Hall–Kier alpha value is -2.21. The van der Waals surface area contributed by atoms with Crippen LogP contribution in [0.15, 0.2) is 48.5 Å². The maximum atomic E-state index is 11.1. The molecular formula is C17H20O5S. The van der Waals surface area contributed by atoms with E-state index in [-0.39, 0.29) is 0 Å². The van der Waals surface area contributed by atoms with Gasteiger partial charge in [-0.05, 0) is 36.8 Å². The van der Waals surface area contributed by atoms with E-state index in [9.17, 15) is 8.42 Å². The summed E-state index contributed by atoms with van der Waals surface area (Å²) in [6.07, 6.45) is 1.65. The summed E-state index contributed by atoms with van der Waals surface area (Å²) in [5.41, 5.74) is 0.931. The summed E-state index contributed by atoms with van der Waals surface area (Å²) in [6, 6.07) is 14.4. The van der Waals surface area contributed by atoms with Crippen LogP contribution in [0.2, 0.25) is 0 Å². The molecule has 23 heavy (non-hydrogen) atoms. The van der Waals surface area contributed by atoms with Crippen molar-refractivity contribution in [2.24, 2.45) is 0 Å². The lowest BCUT2D eigenvalue weighted by Crippen LogP contribution is -2.07. The molecule has 0 heterocycles. The Labute approximate surface area is 136 Å². The zero-order valence-corrected chi connectivity index (χ0v) is 14.0. The smallest absolute Gasteiger partial charge is 0.306 e. The minimum absolute atomic E-state index is 0.305. The van der Waals surface area contributed by atoms with Crippen molar-refractivity contribution in [1.29, 1.82) is 0 Å². The van der Waals surface area contributed by atoms with Crippen molar-refractivity contribution < 1.29 is 22.1 Å². The van der Waals surface area contributed by atoms with Gasteiger partial charge in [-0.3, -0.25) is 0 Å². The molecule has 0 aliphatic rings. The first-order chi connectivity index (χ1) is 11.0. The number of benzene rings is 2. The van der Waals surface area contributed by atoms with Crippen molar-refractivity contribution in [1.82, 2.24) is 0 Å². The second-order valence-electron chi connectivity index (χ2n) is 4.91. The fourth-order valence-corrected chi connectivity index (χ4v) is 2.50. The average molecular weight is 336 g/mol. The van der Waals surface area contributed by atoms with E-state index in [1.54, 1.807) is 18.2 Å². The van der Waals surface area contributed by atoms with Crippen molar-refractivity contribution in [3.63, 3.8) is 0 Å². The largest absolute Gasteiger partial charge is 0.490 e. The van der Waals surface area contributed by atoms with Gasteiger partial charge in [0.2, 0.25) is 0 Å². The number of ether oxygens (including phenoxy) is 2. The van der Waals surface area contributed by atoms with Gasteiger partial charge < -0.3 is 13.7 Å². The van der Waals surface area contributed by atoms with Crippen LogP contribution in [0, 0.1) is 0 Å². The monoisotopic (exact) mass is 336 g/mol. The minimum atomic E-state index is -3.52. The lowest BCUT2D eigenvalue weighted by atomic mass is 10.1. The van der Waals surface area contributed by atoms with Crippen molar-refractivity contribution in [2.75, 3.05) is 19.5 Å². The van der Waals surface area contributed by atoms with Gasteiger partial charge in [0.15, 0.2) is 11.5 Å². The maximum absolute atomic E-state index is 11.1. The first-order valence-electron chi connectivity index (χ1n) is 7.31. The van der Waals surface area contributed by atoms with E-state index in [4.69, 9.17) is 13.7 Å².